The quantitative estimate of drug-likeness (QED) is 0.586. The van der Waals surface area contributed by atoms with Crippen LogP contribution in [0.3, 0.4) is 0 Å². The number of aryl methyl sites for hydroxylation is 2. The van der Waals surface area contributed by atoms with E-state index in [0.29, 0.717) is 6.54 Å². The molecule has 2 fully saturated rings. The summed E-state index contributed by atoms with van der Waals surface area (Å²) < 4.78 is 2.16. The summed E-state index contributed by atoms with van der Waals surface area (Å²) in [4.78, 5) is 28.9. The number of fused-ring (bicyclic) bond motifs is 1. The Morgan fingerprint density at radius 1 is 1.13 bits per heavy atom. The first-order valence-electron chi connectivity index (χ1n) is 10.9. The lowest BCUT2D eigenvalue weighted by atomic mass is 10.1. The van der Waals surface area contributed by atoms with Crippen LogP contribution < -0.4 is 5.73 Å². The fourth-order valence-electron chi connectivity index (χ4n) is 5.13. The van der Waals surface area contributed by atoms with Gasteiger partial charge >= 0.3 is 0 Å². The van der Waals surface area contributed by atoms with Crippen LogP contribution in [0.4, 0.5) is 0 Å². The lowest BCUT2D eigenvalue weighted by molar-refractivity contribution is -0.143. The number of nitrogens with two attached hydrogens (primary N) is 1. The minimum atomic E-state index is -0.272. The molecular formula is C23H31N5O2. The number of hydrogen-bond acceptors (Lipinski definition) is 3. The highest BCUT2D eigenvalue weighted by molar-refractivity contribution is 5.98. The van der Waals surface area contributed by atoms with E-state index in [4.69, 9.17) is 11.1 Å². The highest BCUT2D eigenvalue weighted by Gasteiger charge is 2.38. The third-order valence-corrected chi connectivity index (χ3v) is 6.79. The summed E-state index contributed by atoms with van der Waals surface area (Å²) in [6.45, 7) is 3.05. The normalized spacial score (nSPS) is 21.5. The van der Waals surface area contributed by atoms with E-state index in [1.807, 2.05) is 30.1 Å². The number of aromatic nitrogens is 1. The largest absolute Gasteiger partial charge is 0.384 e. The van der Waals surface area contributed by atoms with Crippen molar-refractivity contribution < 1.29 is 9.59 Å². The Bertz CT molecular complexity index is 995. The molecule has 7 heteroatoms. The molecule has 2 aromatic rings. The number of benzene rings is 1. The van der Waals surface area contributed by atoms with E-state index in [2.05, 4.69) is 10.6 Å². The number of amidine groups is 1. The van der Waals surface area contributed by atoms with Crippen LogP contribution in [0.1, 0.15) is 50.3 Å². The second-order valence-corrected chi connectivity index (χ2v) is 8.62. The smallest absolute Gasteiger partial charge is 0.245 e. The van der Waals surface area contributed by atoms with Crippen molar-refractivity contribution in [3.8, 4) is 0 Å². The third-order valence-electron chi connectivity index (χ3n) is 6.79. The van der Waals surface area contributed by atoms with Gasteiger partial charge in [-0.25, -0.2) is 0 Å². The first kappa shape index (κ1) is 20.4. The second kappa shape index (κ2) is 8.13. The van der Waals surface area contributed by atoms with Crippen molar-refractivity contribution in [2.75, 3.05) is 13.1 Å². The molecule has 3 N–H and O–H groups in total. The van der Waals surface area contributed by atoms with Crippen molar-refractivity contribution in [3.05, 3.63) is 35.5 Å². The fraction of sp³-hybridized carbons (Fsp3) is 0.522. The molecule has 160 valence electrons. The summed E-state index contributed by atoms with van der Waals surface area (Å²) in [6.07, 6.45) is 5.55. The topological polar surface area (TPSA) is 95.4 Å². The van der Waals surface area contributed by atoms with Crippen LogP contribution in [0.25, 0.3) is 10.9 Å². The van der Waals surface area contributed by atoms with Crippen LogP contribution in [-0.2, 0) is 23.1 Å². The molecule has 3 heterocycles. The average molecular weight is 410 g/mol. The van der Waals surface area contributed by atoms with Crippen molar-refractivity contribution >= 4 is 28.6 Å². The Hall–Kier alpha value is -2.83. The molecule has 0 unspecified atom stereocenters. The van der Waals surface area contributed by atoms with Crippen LogP contribution in [0.15, 0.2) is 24.3 Å². The van der Waals surface area contributed by atoms with Gasteiger partial charge in [0.05, 0.1) is 0 Å². The summed E-state index contributed by atoms with van der Waals surface area (Å²) in [6, 6.07) is 8.01. The number of likely N-dealkylation sites (tertiary alicyclic amines) is 2. The maximum absolute atomic E-state index is 13.2. The molecule has 0 saturated carbocycles. The Morgan fingerprint density at radius 3 is 2.60 bits per heavy atom. The zero-order valence-electron chi connectivity index (χ0n) is 17.9. The van der Waals surface area contributed by atoms with Crippen LogP contribution >= 0.6 is 0 Å². The molecule has 4 rings (SSSR count). The van der Waals surface area contributed by atoms with Crippen LogP contribution in [-0.4, -0.2) is 57.2 Å². The van der Waals surface area contributed by atoms with Gasteiger partial charge in [-0.1, -0.05) is 12.1 Å². The van der Waals surface area contributed by atoms with E-state index < -0.39 is 0 Å². The van der Waals surface area contributed by atoms with Gasteiger partial charge in [0.25, 0.3) is 0 Å². The molecule has 2 atom stereocenters. The average Bonchev–Trinajstić information content (AvgIpc) is 3.44. The van der Waals surface area contributed by atoms with E-state index in [1.165, 1.54) is 5.69 Å². The zero-order valence-corrected chi connectivity index (χ0v) is 17.9. The second-order valence-electron chi connectivity index (χ2n) is 8.62. The predicted octanol–water partition coefficient (Wildman–Crippen LogP) is 2.40. The van der Waals surface area contributed by atoms with Gasteiger partial charge in [-0.3, -0.25) is 15.0 Å². The lowest BCUT2D eigenvalue weighted by Gasteiger charge is -2.31. The van der Waals surface area contributed by atoms with E-state index in [0.717, 1.165) is 61.5 Å². The molecular weight excluding hydrogens is 378 g/mol. The number of nitrogens with zero attached hydrogens (tertiary/aromatic N) is 3. The SMILES string of the molecule is CC(=O)N1CCC[C@@H]1C(=O)N1CCC[C@H]1CCc1cc2ccc(C(=N)N)cc2n1C. The Balaban J connectivity index is 1.46. The molecule has 0 radical (unpaired) electrons. The van der Waals surface area contributed by atoms with Crippen molar-refractivity contribution in [1.82, 2.24) is 14.4 Å². The van der Waals surface area contributed by atoms with Crippen molar-refractivity contribution in [2.45, 2.75) is 57.5 Å². The van der Waals surface area contributed by atoms with Gasteiger partial charge in [-0.15, -0.1) is 0 Å². The third kappa shape index (κ3) is 3.68. The van der Waals surface area contributed by atoms with Crippen LogP contribution in [0.2, 0.25) is 0 Å². The summed E-state index contributed by atoms with van der Waals surface area (Å²) in [5.74, 6) is 0.210. The lowest BCUT2D eigenvalue weighted by Crippen LogP contribution is -2.48. The minimum Gasteiger partial charge on any atom is -0.384 e. The van der Waals surface area contributed by atoms with E-state index in [1.54, 1.807) is 11.8 Å². The van der Waals surface area contributed by atoms with Gasteiger partial charge < -0.3 is 20.1 Å². The maximum Gasteiger partial charge on any atom is 0.245 e. The minimum absolute atomic E-state index is 0.00188. The van der Waals surface area contributed by atoms with Crippen molar-refractivity contribution in [1.29, 1.82) is 5.41 Å². The van der Waals surface area contributed by atoms with Crippen molar-refractivity contribution in [3.63, 3.8) is 0 Å². The summed E-state index contributed by atoms with van der Waals surface area (Å²) >= 11 is 0. The number of nitrogen functional groups attached to an aromatic ring is 1. The summed E-state index contributed by atoms with van der Waals surface area (Å²) in [7, 11) is 2.04. The van der Waals surface area contributed by atoms with Gasteiger partial charge in [0.2, 0.25) is 11.8 Å². The molecule has 0 aliphatic carbocycles. The fourth-order valence-corrected chi connectivity index (χ4v) is 5.13. The van der Waals surface area contributed by atoms with E-state index in [9.17, 15) is 9.59 Å². The number of amides is 2. The maximum atomic E-state index is 13.2. The molecule has 1 aromatic carbocycles. The molecule has 0 spiro atoms. The Kier molecular flexibility index (Phi) is 5.54. The molecule has 7 nitrogen and oxygen atoms in total. The highest BCUT2D eigenvalue weighted by atomic mass is 16.2. The number of carbonyl (C=O) groups excluding carboxylic acids is 2. The number of carbonyl (C=O) groups is 2. The standard InChI is InChI=1S/C23H31N5O2/c1-15(29)27-11-4-6-20(27)23(30)28-12-3-5-18(28)9-10-19-13-16-7-8-17(22(24)25)14-21(16)26(19)2/h7-8,13-14,18,20H,3-6,9-12H2,1-2H3,(H3,24,25)/t18-,20+/m0/s1. The van der Waals surface area contributed by atoms with Crippen molar-refractivity contribution in [2.24, 2.45) is 12.8 Å². The first-order valence-corrected chi connectivity index (χ1v) is 10.9. The van der Waals surface area contributed by atoms with Gasteiger partial charge in [0.15, 0.2) is 0 Å². The molecule has 1 aromatic heterocycles. The van der Waals surface area contributed by atoms with Gasteiger partial charge in [0, 0.05) is 49.9 Å². The highest BCUT2D eigenvalue weighted by Crippen LogP contribution is 2.28. The zero-order chi connectivity index (χ0) is 21.4. The summed E-state index contributed by atoms with van der Waals surface area (Å²) in [5, 5.41) is 8.80. The number of rotatable bonds is 5. The van der Waals surface area contributed by atoms with Crippen LogP contribution in [0, 0.1) is 5.41 Å². The van der Waals surface area contributed by atoms with Gasteiger partial charge in [-0.2, -0.15) is 0 Å². The predicted molar refractivity (Wildman–Crippen MR) is 117 cm³/mol. The Morgan fingerprint density at radius 2 is 1.87 bits per heavy atom. The molecule has 2 aliphatic heterocycles. The molecule has 2 aliphatic rings. The summed E-state index contributed by atoms with van der Waals surface area (Å²) in [5.41, 5.74) is 8.66. The van der Waals surface area contributed by atoms with Gasteiger partial charge in [0.1, 0.15) is 11.9 Å². The van der Waals surface area contributed by atoms with E-state index in [-0.39, 0.29) is 29.7 Å². The van der Waals surface area contributed by atoms with E-state index >= 15 is 0 Å². The first-order chi connectivity index (χ1) is 14.4. The molecule has 2 saturated heterocycles. The van der Waals surface area contributed by atoms with Crippen LogP contribution in [0.5, 0.6) is 0 Å². The Labute approximate surface area is 177 Å². The molecule has 30 heavy (non-hydrogen) atoms. The monoisotopic (exact) mass is 409 g/mol. The molecule has 2 amide bonds. The number of hydrogen-bond donors (Lipinski definition) is 2. The van der Waals surface area contributed by atoms with Gasteiger partial charge in [-0.05, 0) is 56.0 Å². The number of nitrogens with one attached hydrogen (secondary N) is 1. The molecule has 0 bridgehead atoms.